The summed E-state index contributed by atoms with van der Waals surface area (Å²) in [5, 5.41) is 0. The van der Waals surface area contributed by atoms with Gasteiger partial charge in [-0.1, -0.05) is 6.92 Å². The van der Waals surface area contributed by atoms with Crippen LogP contribution >= 0.6 is 0 Å². The van der Waals surface area contributed by atoms with Crippen LogP contribution in [0.3, 0.4) is 0 Å². The first-order valence-corrected chi connectivity index (χ1v) is 5.81. The maximum atomic E-state index is 11.0. The van der Waals surface area contributed by atoms with Gasteiger partial charge in [0.2, 0.25) is 10.0 Å². The normalized spacial score (nSPS) is 12.3. The molecule has 0 heterocycles. The topological polar surface area (TPSA) is 46.6 Å². The van der Waals surface area contributed by atoms with Gasteiger partial charge in [0.25, 0.3) is 0 Å². The van der Waals surface area contributed by atoms with Crippen molar-refractivity contribution >= 4 is 10.0 Å². The Bertz CT molecular complexity index is 201. The lowest BCUT2D eigenvalue weighted by Gasteiger charge is -2.16. The number of hydrogen-bond donors (Lipinski definition) is 0. The lowest BCUT2D eigenvalue weighted by Crippen LogP contribution is -2.31. The zero-order valence-electron chi connectivity index (χ0n) is 7.91. The molecule has 0 fully saturated rings. The van der Waals surface area contributed by atoms with E-state index in [0.29, 0.717) is 19.7 Å². The molecule has 0 amide bonds. The minimum absolute atomic E-state index is 0.530. The fourth-order valence-electron chi connectivity index (χ4n) is 0.944. The summed E-state index contributed by atoms with van der Waals surface area (Å²) in [5.41, 5.74) is 0. The first-order chi connectivity index (χ1) is 5.52. The van der Waals surface area contributed by atoms with Crippen molar-refractivity contribution in [3.63, 3.8) is 0 Å². The molecule has 0 bridgehead atoms. The lowest BCUT2D eigenvalue weighted by atomic mass is 10.4. The average Bonchev–Trinajstić information content (AvgIpc) is 1.95. The molecule has 0 rings (SSSR count). The third-order valence-corrected chi connectivity index (χ3v) is 2.96. The van der Waals surface area contributed by atoms with Gasteiger partial charge in [0.1, 0.15) is 0 Å². The molecule has 0 aromatic rings. The highest BCUT2D eigenvalue weighted by atomic mass is 32.2. The fraction of sp³-hybridized carbons (Fsp3) is 1.00. The van der Waals surface area contributed by atoms with Gasteiger partial charge in [-0.2, -0.15) is 0 Å². The molecule has 0 unspecified atom stereocenters. The minimum atomic E-state index is -3.02. The van der Waals surface area contributed by atoms with E-state index in [-0.39, 0.29) is 0 Å². The van der Waals surface area contributed by atoms with E-state index in [1.807, 2.05) is 6.92 Å². The second-order valence-corrected chi connectivity index (χ2v) is 4.58. The molecule has 0 aromatic heterocycles. The molecule has 0 radical (unpaired) electrons. The van der Waals surface area contributed by atoms with Crippen molar-refractivity contribution in [2.45, 2.75) is 13.3 Å². The van der Waals surface area contributed by atoms with Gasteiger partial charge in [-0.05, 0) is 6.42 Å². The Hall–Kier alpha value is -0.130. The Morgan fingerprint density at radius 2 is 2.00 bits per heavy atom. The average molecular weight is 195 g/mol. The van der Waals surface area contributed by atoms with Crippen LogP contribution in [0.2, 0.25) is 0 Å². The van der Waals surface area contributed by atoms with Crippen LogP contribution in [0.25, 0.3) is 0 Å². The lowest BCUT2D eigenvalue weighted by molar-refractivity contribution is 0.188. The number of sulfonamides is 1. The molecule has 0 spiro atoms. The summed E-state index contributed by atoms with van der Waals surface area (Å²) in [6.07, 6.45) is 1.97. The number of methoxy groups -OCH3 is 1. The molecule has 12 heavy (non-hydrogen) atoms. The van der Waals surface area contributed by atoms with Gasteiger partial charge in [0.15, 0.2) is 0 Å². The third-order valence-electron chi connectivity index (χ3n) is 1.58. The number of ether oxygens (including phenoxy) is 1. The van der Waals surface area contributed by atoms with Crippen LogP contribution in [0.5, 0.6) is 0 Å². The van der Waals surface area contributed by atoms with E-state index >= 15 is 0 Å². The highest BCUT2D eigenvalue weighted by Crippen LogP contribution is 1.98. The number of hydrogen-bond acceptors (Lipinski definition) is 3. The quantitative estimate of drug-likeness (QED) is 0.573. The van der Waals surface area contributed by atoms with Gasteiger partial charge in [-0.3, -0.25) is 0 Å². The van der Waals surface area contributed by atoms with E-state index < -0.39 is 10.0 Å². The fourth-order valence-corrected chi connectivity index (χ4v) is 1.87. The van der Waals surface area contributed by atoms with Crippen molar-refractivity contribution in [2.75, 3.05) is 33.1 Å². The summed E-state index contributed by atoms with van der Waals surface area (Å²) in [7, 11) is -1.41. The highest BCUT2D eigenvalue weighted by molar-refractivity contribution is 7.88. The Kier molecular flexibility index (Phi) is 5.44. The predicted octanol–water partition coefficient (Wildman–Crippen LogP) is 0.304. The third kappa shape index (κ3) is 4.69. The Morgan fingerprint density at radius 1 is 1.42 bits per heavy atom. The minimum Gasteiger partial charge on any atom is -0.385 e. The molecule has 0 N–H and O–H groups in total. The molecule has 5 heteroatoms. The van der Waals surface area contributed by atoms with Gasteiger partial charge in [-0.25, -0.2) is 12.7 Å². The van der Waals surface area contributed by atoms with Crippen LogP contribution < -0.4 is 0 Å². The van der Waals surface area contributed by atoms with Crippen LogP contribution in [0.4, 0.5) is 0 Å². The zero-order chi connectivity index (χ0) is 9.61. The molecule has 0 aromatic carbocycles. The predicted molar refractivity (Wildman–Crippen MR) is 48.6 cm³/mol. The van der Waals surface area contributed by atoms with Crippen LogP contribution in [-0.4, -0.2) is 45.8 Å². The summed E-state index contributed by atoms with van der Waals surface area (Å²) < 4.78 is 28.3. The Labute approximate surface area is 74.6 Å². The summed E-state index contributed by atoms with van der Waals surface area (Å²) in [6, 6.07) is 0. The van der Waals surface area contributed by atoms with E-state index in [9.17, 15) is 8.42 Å². The van der Waals surface area contributed by atoms with Gasteiger partial charge < -0.3 is 4.74 Å². The molecule has 0 aliphatic carbocycles. The maximum Gasteiger partial charge on any atom is 0.211 e. The van der Waals surface area contributed by atoms with Gasteiger partial charge in [0.05, 0.1) is 6.26 Å². The summed E-state index contributed by atoms with van der Waals surface area (Å²) in [6.45, 7) is 3.51. The number of nitrogens with zero attached hydrogens (tertiary/aromatic N) is 1. The standard InChI is InChI=1S/C7H17NO3S/c1-4-8(12(3,9)10)6-5-7-11-2/h4-7H2,1-3H3. The highest BCUT2D eigenvalue weighted by Gasteiger charge is 2.12. The smallest absolute Gasteiger partial charge is 0.211 e. The van der Waals surface area contributed by atoms with Crippen LogP contribution in [0.15, 0.2) is 0 Å². The SMILES string of the molecule is CCN(CCCOC)S(C)(=O)=O. The molecular weight excluding hydrogens is 178 g/mol. The van der Waals surface area contributed by atoms with Crippen LogP contribution in [0, 0.1) is 0 Å². The largest absolute Gasteiger partial charge is 0.385 e. The van der Waals surface area contributed by atoms with Crippen molar-refractivity contribution in [1.82, 2.24) is 4.31 Å². The number of rotatable bonds is 6. The molecule has 74 valence electrons. The summed E-state index contributed by atoms with van der Waals surface area (Å²) in [5.74, 6) is 0. The first kappa shape index (κ1) is 11.9. The molecule has 0 aliphatic heterocycles. The second kappa shape index (κ2) is 5.50. The zero-order valence-corrected chi connectivity index (χ0v) is 8.73. The van der Waals surface area contributed by atoms with E-state index in [2.05, 4.69) is 0 Å². The van der Waals surface area contributed by atoms with Gasteiger partial charge >= 0.3 is 0 Å². The second-order valence-electron chi connectivity index (χ2n) is 2.60. The Morgan fingerprint density at radius 3 is 2.33 bits per heavy atom. The van der Waals surface area contributed by atoms with Crippen molar-refractivity contribution in [3.05, 3.63) is 0 Å². The van der Waals surface area contributed by atoms with Crippen LogP contribution in [-0.2, 0) is 14.8 Å². The van der Waals surface area contributed by atoms with Crippen molar-refractivity contribution in [1.29, 1.82) is 0 Å². The molecule has 4 nitrogen and oxygen atoms in total. The van der Waals surface area contributed by atoms with Crippen molar-refractivity contribution in [3.8, 4) is 0 Å². The van der Waals surface area contributed by atoms with Gasteiger partial charge in [0, 0.05) is 26.8 Å². The van der Waals surface area contributed by atoms with Crippen LogP contribution in [0.1, 0.15) is 13.3 Å². The van der Waals surface area contributed by atoms with E-state index in [0.717, 1.165) is 6.42 Å². The molecule has 0 saturated heterocycles. The molecule has 0 aliphatic rings. The van der Waals surface area contributed by atoms with E-state index in [4.69, 9.17) is 4.74 Å². The first-order valence-electron chi connectivity index (χ1n) is 3.96. The van der Waals surface area contributed by atoms with Gasteiger partial charge in [-0.15, -0.1) is 0 Å². The summed E-state index contributed by atoms with van der Waals surface area (Å²) in [4.78, 5) is 0. The van der Waals surface area contributed by atoms with Crippen molar-refractivity contribution < 1.29 is 13.2 Å². The van der Waals surface area contributed by atoms with Crippen molar-refractivity contribution in [2.24, 2.45) is 0 Å². The summed E-state index contributed by atoms with van der Waals surface area (Å²) >= 11 is 0. The van der Waals surface area contributed by atoms with E-state index in [1.54, 1.807) is 7.11 Å². The molecule has 0 saturated carbocycles. The monoisotopic (exact) mass is 195 g/mol. The van der Waals surface area contributed by atoms with E-state index in [1.165, 1.54) is 10.6 Å². The molecule has 0 atom stereocenters. The maximum absolute atomic E-state index is 11.0. The molecular formula is C7H17NO3S. The Balaban J connectivity index is 3.85.